The van der Waals surface area contributed by atoms with Crippen LogP contribution in [-0.2, 0) is 4.79 Å². The monoisotopic (exact) mass is 328 g/mol. The fourth-order valence-corrected chi connectivity index (χ4v) is 3.78. The topological polar surface area (TPSA) is 72.6 Å². The number of rotatable bonds is 4. The second kappa shape index (κ2) is 7.07. The molecule has 128 valence electrons. The number of carbonyl (C=O) groups excluding carboxylic acids is 2. The van der Waals surface area contributed by atoms with E-state index >= 15 is 0 Å². The number of piperidine rings is 1. The molecule has 1 unspecified atom stereocenters. The molecule has 1 spiro atoms. The molecule has 1 saturated heterocycles. The molecular weight excluding hydrogens is 304 g/mol. The van der Waals surface area contributed by atoms with Crippen molar-refractivity contribution >= 4 is 11.8 Å². The Kier molecular flexibility index (Phi) is 4.88. The van der Waals surface area contributed by atoms with Crippen molar-refractivity contribution in [2.24, 2.45) is 11.1 Å². The molecule has 2 N–H and O–H groups in total. The zero-order chi connectivity index (χ0) is 17.0. The van der Waals surface area contributed by atoms with E-state index in [-0.39, 0.29) is 17.9 Å². The zero-order valence-corrected chi connectivity index (χ0v) is 13.9. The minimum atomic E-state index is -0.553. The van der Waals surface area contributed by atoms with Gasteiger partial charge in [-0.2, -0.15) is 0 Å². The Morgan fingerprint density at radius 2 is 2.04 bits per heavy atom. The van der Waals surface area contributed by atoms with Gasteiger partial charge in [0, 0.05) is 13.1 Å². The summed E-state index contributed by atoms with van der Waals surface area (Å²) in [7, 11) is 0. The van der Waals surface area contributed by atoms with E-state index in [2.05, 4.69) is 12.2 Å². The van der Waals surface area contributed by atoms with Crippen LogP contribution in [0.25, 0.3) is 0 Å². The first-order valence-electron chi connectivity index (χ1n) is 8.54. The molecule has 5 nitrogen and oxygen atoms in total. The summed E-state index contributed by atoms with van der Waals surface area (Å²) in [6.07, 6.45) is 10.00. The molecule has 1 aliphatic heterocycles. The average molecular weight is 328 g/mol. The molecule has 2 aliphatic rings. The highest BCUT2D eigenvalue weighted by Crippen LogP contribution is 2.41. The maximum absolute atomic E-state index is 13.0. The quantitative estimate of drug-likeness (QED) is 0.863. The minimum absolute atomic E-state index is 0.0244. The third-order valence-electron chi connectivity index (χ3n) is 4.99. The van der Waals surface area contributed by atoms with Crippen molar-refractivity contribution in [1.29, 1.82) is 0 Å². The van der Waals surface area contributed by atoms with Crippen LogP contribution < -0.4 is 10.5 Å². The van der Waals surface area contributed by atoms with Gasteiger partial charge in [-0.25, -0.2) is 0 Å². The summed E-state index contributed by atoms with van der Waals surface area (Å²) in [5.74, 6) is -0.156. The molecule has 24 heavy (non-hydrogen) atoms. The van der Waals surface area contributed by atoms with Crippen LogP contribution in [0.5, 0.6) is 5.75 Å². The number of benzene rings is 1. The van der Waals surface area contributed by atoms with Gasteiger partial charge in [0.15, 0.2) is 6.61 Å². The summed E-state index contributed by atoms with van der Waals surface area (Å²) in [6, 6.07) is 7.06. The lowest BCUT2D eigenvalue weighted by Crippen LogP contribution is -2.46. The number of allylic oxidation sites excluding steroid dienone is 2. The van der Waals surface area contributed by atoms with Crippen molar-refractivity contribution in [3.8, 4) is 5.75 Å². The molecule has 1 aromatic rings. The Bertz CT molecular complexity index is 656. The van der Waals surface area contributed by atoms with Crippen molar-refractivity contribution in [2.75, 3.05) is 19.7 Å². The highest BCUT2D eigenvalue weighted by Gasteiger charge is 2.37. The lowest BCUT2D eigenvalue weighted by Gasteiger charge is -2.44. The summed E-state index contributed by atoms with van der Waals surface area (Å²) in [5, 5.41) is 0. The molecule has 1 fully saturated rings. The van der Waals surface area contributed by atoms with Crippen LogP contribution in [0.2, 0.25) is 0 Å². The molecule has 2 amide bonds. The summed E-state index contributed by atoms with van der Waals surface area (Å²) >= 11 is 0. The van der Waals surface area contributed by atoms with Gasteiger partial charge >= 0.3 is 0 Å². The Labute approximate surface area is 142 Å². The normalized spacial score (nSPS) is 23.2. The lowest BCUT2D eigenvalue weighted by molar-refractivity contribution is -0.119. The first kappa shape index (κ1) is 16.6. The SMILES string of the molecule is NC(=O)COc1ccccc1C(=O)N1CCCC2(CC=CCC2)C1. The second-order valence-electron chi connectivity index (χ2n) is 6.80. The highest BCUT2D eigenvalue weighted by atomic mass is 16.5. The average Bonchev–Trinajstić information content (AvgIpc) is 2.60. The van der Waals surface area contributed by atoms with E-state index in [1.54, 1.807) is 18.2 Å². The Balaban J connectivity index is 1.76. The molecule has 0 radical (unpaired) electrons. The first-order chi connectivity index (χ1) is 11.6. The van der Waals surface area contributed by atoms with E-state index in [0.29, 0.717) is 11.3 Å². The van der Waals surface area contributed by atoms with E-state index in [4.69, 9.17) is 10.5 Å². The minimum Gasteiger partial charge on any atom is -0.483 e. The van der Waals surface area contributed by atoms with Crippen molar-refractivity contribution in [2.45, 2.75) is 32.1 Å². The standard InChI is InChI=1S/C19H24N2O3/c20-17(22)13-24-16-8-3-2-7-15(16)18(23)21-12-6-11-19(14-21)9-4-1-5-10-19/h1-4,7-8H,5-6,9-14H2,(H2,20,22). The van der Waals surface area contributed by atoms with E-state index in [0.717, 1.165) is 38.8 Å². The predicted octanol–water partition coefficient (Wildman–Crippen LogP) is 2.51. The summed E-state index contributed by atoms with van der Waals surface area (Å²) in [5.41, 5.74) is 5.87. The van der Waals surface area contributed by atoms with Crippen molar-refractivity contribution < 1.29 is 14.3 Å². The number of para-hydroxylation sites is 1. The van der Waals surface area contributed by atoms with Gasteiger partial charge in [0.25, 0.3) is 11.8 Å². The van der Waals surface area contributed by atoms with Crippen LogP contribution in [0, 0.1) is 5.41 Å². The number of ether oxygens (including phenoxy) is 1. The maximum atomic E-state index is 13.0. The maximum Gasteiger partial charge on any atom is 0.257 e. The molecule has 5 heteroatoms. The van der Waals surface area contributed by atoms with Crippen LogP contribution in [0.1, 0.15) is 42.5 Å². The summed E-state index contributed by atoms with van der Waals surface area (Å²) in [4.78, 5) is 25.9. The van der Waals surface area contributed by atoms with Crippen molar-refractivity contribution in [3.63, 3.8) is 0 Å². The lowest BCUT2D eigenvalue weighted by atomic mass is 9.71. The Morgan fingerprint density at radius 1 is 1.21 bits per heavy atom. The van der Waals surface area contributed by atoms with Crippen LogP contribution in [0.3, 0.4) is 0 Å². The zero-order valence-electron chi connectivity index (χ0n) is 13.9. The number of hydrogen-bond donors (Lipinski definition) is 1. The van der Waals surface area contributed by atoms with E-state index in [1.807, 2.05) is 11.0 Å². The van der Waals surface area contributed by atoms with Crippen LogP contribution in [0.4, 0.5) is 0 Å². The van der Waals surface area contributed by atoms with Crippen LogP contribution in [0.15, 0.2) is 36.4 Å². The molecule has 0 saturated carbocycles. The number of carbonyl (C=O) groups is 2. The van der Waals surface area contributed by atoms with Crippen molar-refractivity contribution in [3.05, 3.63) is 42.0 Å². The molecule has 1 atom stereocenters. The van der Waals surface area contributed by atoms with Gasteiger partial charge in [0.05, 0.1) is 5.56 Å². The Morgan fingerprint density at radius 3 is 2.79 bits per heavy atom. The van der Waals surface area contributed by atoms with Gasteiger partial charge in [-0.15, -0.1) is 0 Å². The van der Waals surface area contributed by atoms with Gasteiger partial charge in [-0.05, 0) is 49.7 Å². The predicted molar refractivity (Wildman–Crippen MR) is 91.7 cm³/mol. The highest BCUT2D eigenvalue weighted by molar-refractivity contribution is 5.97. The van der Waals surface area contributed by atoms with Gasteiger partial charge in [-0.3, -0.25) is 9.59 Å². The van der Waals surface area contributed by atoms with E-state index in [1.165, 1.54) is 6.42 Å². The summed E-state index contributed by atoms with van der Waals surface area (Å²) in [6.45, 7) is 1.34. The fraction of sp³-hybridized carbons (Fsp3) is 0.474. The number of nitrogens with two attached hydrogens (primary N) is 1. The fourth-order valence-electron chi connectivity index (χ4n) is 3.78. The molecule has 0 bridgehead atoms. The first-order valence-corrected chi connectivity index (χ1v) is 8.54. The number of likely N-dealkylation sites (tertiary alicyclic amines) is 1. The summed E-state index contributed by atoms with van der Waals surface area (Å²) < 4.78 is 5.41. The third kappa shape index (κ3) is 3.61. The molecule has 1 heterocycles. The molecule has 0 aromatic heterocycles. The Hall–Kier alpha value is -2.30. The molecule has 1 aliphatic carbocycles. The van der Waals surface area contributed by atoms with Crippen LogP contribution in [-0.4, -0.2) is 36.4 Å². The second-order valence-corrected chi connectivity index (χ2v) is 6.80. The van der Waals surface area contributed by atoms with Crippen molar-refractivity contribution in [1.82, 2.24) is 4.90 Å². The van der Waals surface area contributed by atoms with E-state index in [9.17, 15) is 9.59 Å². The number of amides is 2. The van der Waals surface area contributed by atoms with E-state index < -0.39 is 5.91 Å². The number of primary amides is 1. The van der Waals surface area contributed by atoms with Gasteiger partial charge in [0.2, 0.25) is 0 Å². The molecule has 1 aromatic carbocycles. The van der Waals surface area contributed by atoms with Gasteiger partial charge in [0.1, 0.15) is 5.75 Å². The third-order valence-corrected chi connectivity index (χ3v) is 4.99. The number of hydrogen-bond acceptors (Lipinski definition) is 3. The van der Waals surface area contributed by atoms with Gasteiger partial charge < -0.3 is 15.4 Å². The van der Waals surface area contributed by atoms with Crippen LogP contribution >= 0.6 is 0 Å². The smallest absolute Gasteiger partial charge is 0.257 e. The van der Waals surface area contributed by atoms with Gasteiger partial charge in [-0.1, -0.05) is 24.3 Å². The molecular formula is C19H24N2O3. The number of nitrogens with zero attached hydrogens (tertiary/aromatic N) is 1. The largest absolute Gasteiger partial charge is 0.483 e. The molecule has 3 rings (SSSR count).